The van der Waals surface area contributed by atoms with Crippen molar-refractivity contribution in [2.24, 2.45) is 4.99 Å². The Balaban J connectivity index is 1.83. The summed E-state index contributed by atoms with van der Waals surface area (Å²) in [4.78, 5) is 43.8. The molecular weight excluding hydrogens is 568 g/mol. The summed E-state index contributed by atoms with van der Waals surface area (Å²) in [6, 6.07) is 10.3. The van der Waals surface area contributed by atoms with E-state index in [1.807, 2.05) is 38.1 Å². The van der Waals surface area contributed by atoms with Gasteiger partial charge in [-0.25, -0.2) is 14.6 Å². The molecule has 4 rings (SSSR count). The zero-order valence-electron chi connectivity index (χ0n) is 23.5. The smallest absolute Gasteiger partial charge is 0.344 e. The van der Waals surface area contributed by atoms with Gasteiger partial charge in [-0.05, 0) is 64.0 Å². The van der Waals surface area contributed by atoms with Crippen molar-refractivity contribution in [1.29, 1.82) is 0 Å². The van der Waals surface area contributed by atoms with Gasteiger partial charge in [-0.1, -0.05) is 52.8 Å². The Hall–Kier alpha value is -3.89. The van der Waals surface area contributed by atoms with E-state index < -0.39 is 18.0 Å². The fourth-order valence-electron chi connectivity index (χ4n) is 4.42. The topological polar surface area (TPSA) is 105 Å². The van der Waals surface area contributed by atoms with E-state index in [1.165, 1.54) is 15.9 Å². The van der Waals surface area contributed by atoms with Crippen molar-refractivity contribution in [3.8, 4) is 11.5 Å². The summed E-state index contributed by atoms with van der Waals surface area (Å²) in [6.07, 6.45) is 1.68. The number of aromatic nitrogens is 1. The molecule has 2 aromatic carbocycles. The highest BCUT2D eigenvalue weighted by Crippen LogP contribution is 2.37. The summed E-state index contributed by atoms with van der Waals surface area (Å²) < 4.78 is 23.5. The van der Waals surface area contributed by atoms with Gasteiger partial charge >= 0.3 is 11.9 Å². The van der Waals surface area contributed by atoms with Gasteiger partial charge in [-0.2, -0.15) is 0 Å². The lowest BCUT2D eigenvalue weighted by Crippen LogP contribution is -2.39. The van der Waals surface area contributed by atoms with Crippen LogP contribution in [0.2, 0.25) is 5.02 Å². The number of hydrogen-bond donors (Lipinski definition) is 0. The zero-order chi connectivity index (χ0) is 29.7. The number of halogens is 1. The zero-order valence-corrected chi connectivity index (χ0v) is 25.1. The van der Waals surface area contributed by atoms with Crippen LogP contribution in [0.1, 0.15) is 50.4 Å². The number of esters is 2. The second kappa shape index (κ2) is 13.2. The molecule has 9 nitrogen and oxygen atoms in total. The molecule has 0 saturated carbocycles. The van der Waals surface area contributed by atoms with Crippen LogP contribution in [-0.4, -0.2) is 42.9 Å². The molecule has 1 atom stereocenters. The van der Waals surface area contributed by atoms with Gasteiger partial charge in [0.25, 0.3) is 5.56 Å². The number of carbonyl (C=O) groups is 2. The molecule has 1 aromatic heterocycles. The Labute approximate surface area is 246 Å². The monoisotopic (exact) mass is 598 g/mol. The van der Waals surface area contributed by atoms with Gasteiger partial charge in [-0.15, -0.1) is 0 Å². The largest absolute Gasteiger partial charge is 0.490 e. The van der Waals surface area contributed by atoms with Crippen LogP contribution in [0.4, 0.5) is 0 Å². The van der Waals surface area contributed by atoms with Crippen LogP contribution in [0.15, 0.2) is 57.5 Å². The number of carbonyl (C=O) groups excluding carboxylic acids is 2. The van der Waals surface area contributed by atoms with E-state index in [-0.39, 0.29) is 36.2 Å². The first-order chi connectivity index (χ1) is 19.7. The molecule has 41 heavy (non-hydrogen) atoms. The molecule has 0 saturated heterocycles. The van der Waals surface area contributed by atoms with E-state index >= 15 is 0 Å². The Morgan fingerprint density at radius 1 is 1.02 bits per heavy atom. The number of rotatable bonds is 10. The van der Waals surface area contributed by atoms with Crippen molar-refractivity contribution in [1.82, 2.24) is 4.57 Å². The van der Waals surface area contributed by atoms with Gasteiger partial charge in [0.1, 0.15) is 0 Å². The molecule has 0 unspecified atom stereocenters. The molecule has 11 heteroatoms. The summed E-state index contributed by atoms with van der Waals surface area (Å²) >= 11 is 7.73. The lowest BCUT2D eigenvalue weighted by Gasteiger charge is -2.24. The predicted octanol–water partition coefficient (Wildman–Crippen LogP) is 4.10. The average molecular weight is 599 g/mol. The van der Waals surface area contributed by atoms with Gasteiger partial charge in [0.2, 0.25) is 0 Å². The Morgan fingerprint density at radius 3 is 2.39 bits per heavy atom. The Morgan fingerprint density at radius 2 is 1.73 bits per heavy atom. The van der Waals surface area contributed by atoms with Gasteiger partial charge in [-0.3, -0.25) is 9.36 Å². The normalized spacial score (nSPS) is 14.8. The molecule has 0 amide bonds. The molecular formula is C30H31ClN2O7S. The number of nitrogens with zero attached hydrogens (tertiary/aromatic N) is 2. The highest BCUT2D eigenvalue weighted by atomic mass is 35.5. The van der Waals surface area contributed by atoms with Crippen molar-refractivity contribution < 1.29 is 28.5 Å². The summed E-state index contributed by atoms with van der Waals surface area (Å²) in [5.41, 5.74) is 2.90. The quantitative estimate of drug-likeness (QED) is 0.324. The predicted molar refractivity (Wildman–Crippen MR) is 156 cm³/mol. The maximum atomic E-state index is 13.9. The van der Waals surface area contributed by atoms with E-state index in [0.717, 1.165) is 11.1 Å². The summed E-state index contributed by atoms with van der Waals surface area (Å²) in [7, 11) is 0. The van der Waals surface area contributed by atoms with Crippen LogP contribution >= 0.6 is 22.9 Å². The third-order valence-corrected chi connectivity index (χ3v) is 7.44. The van der Waals surface area contributed by atoms with Crippen LogP contribution < -0.4 is 24.4 Å². The van der Waals surface area contributed by atoms with E-state index in [1.54, 1.807) is 39.0 Å². The molecule has 0 fully saturated rings. The lowest BCUT2D eigenvalue weighted by molar-refractivity contribution is -0.145. The number of benzene rings is 2. The minimum Gasteiger partial charge on any atom is -0.490 e. The van der Waals surface area contributed by atoms with Crippen LogP contribution in [-0.2, 0) is 19.1 Å². The Kier molecular flexibility index (Phi) is 9.67. The van der Waals surface area contributed by atoms with E-state index in [9.17, 15) is 14.4 Å². The lowest BCUT2D eigenvalue weighted by atomic mass is 9.95. The molecule has 216 valence electrons. The first-order valence-electron chi connectivity index (χ1n) is 13.2. The van der Waals surface area contributed by atoms with Gasteiger partial charge < -0.3 is 18.9 Å². The van der Waals surface area contributed by atoms with Crippen LogP contribution in [0.3, 0.4) is 0 Å². The highest BCUT2D eigenvalue weighted by molar-refractivity contribution is 7.07. The number of aryl methyl sites for hydroxylation is 1. The highest BCUT2D eigenvalue weighted by Gasteiger charge is 2.33. The molecule has 0 spiro atoms. The second-order valence-corrected chi connectivity index (χ2v) is 10.5. The van der Waals surface area contributed by atoms with E-state index in [0.29, 0.717) is 38.5 Å². The summed E-state index contributed by atoms with van der Waals surface area (Å²) in [6.45, 7) is 9.39. The summed E-state index contributed by atoms with van der Waals surface area (Å²) in [5, 5.41) is 0.206. The van der Waals surface area contributed by atoms with Crippen molar-refractivity contribution in [3.63, 3.8) is 0 Å². The first kappa shape index (κ1) is 30.1. The number of hydrogen-bond acceptors (Lipinski definition) is 9. The van der Waals surface area contributed by atoms with Gasteiger partial charge in [0.15, 0.2) is 22.9 Å². The Bertz CT molecular complexity index is 1670. The standard InChI is InChI=1S/C30H31ClN2O7S/c1-6-37-22-14-19(13-21(31)27(22)40-16-24(34)38-7-2)15-23-28(35)33-26(20-11-9-17(4)10-12-20)25(29(36)39-8-3)18(5)32-30(33)41-23/h9-15,26H,6-8,16H2,1-5H3/b23-15+/t26-/m1/s1. The van der Waals surface area contributed by atoms with Crippen LogP contribution in [0, 0.1) is 6.92 Å². The SMILES string of the molecule is CCOC(=O)COc1c(Cl)cc(/C=c2/sc3n(c2=O)[C@H](c2ccc(C)cc2)C(C(=O)OCC)=C(C)N=3)cc1OCC. The van der Waals surface area contributed by atoms with Crippen LogP contribution in [0.5, 0.6) is 11.5 Å². The molecule has 0 bridgehead atoms. The van der Waals surface area contributed by atoms with E-state index in [4.69, 9.17) is 30.5 Å². The average Bonchev–Trinajstić information content (AvgIpc) is 3.22. The van der Waals surface area contributed by atoms with Crippen molar-refractivity contribution >= 4 is 41.0 Å². The maximum Gasteiger partial charge on any atom is 0.344 e. The molecule has 1 aliphatic heterocycles. The number of ether oxygens (including phenoxy) is 4. The van der Waals surface area contributed by atoms with Gasteiger partial charge in [0.05, 0.1) is 46.7 Å². The first-order valence-corrected chi connectivity index (χ1v) is 14.4. The minimum atomic E-state index is -0.700. The molecule has 0 radical (unpaired) electrons. The number of allylic oxidation sites excluding steroid dienone is 1. The molecule has 3 aromatic rings. The van der Waals surface area contributed by atoms with Crippen LogP contribution in [0.25, 0.3) is 6.08 Å². The summed E-state index contributed by atoms with van der Waals surface area (Å²) in [5.74, 6) is -0.521. The fraction of sp³-hybridized carbons (Fsp3) is 0.333. The molecule has 0 N–H and O–H groups in total. The molecule has 0 aliphatic carbocycles. The van der Waals surface area contributed by atoms with Crippen molar-refractivity contribution in [2.45, 2.75) is 40.7 Å². The molecule has 1 aliphatic rings. The third-order valence-electron chi connectivity index (χ3n) is 6.18. The number of thiazole rings is 1. The maximum absolute atomic E-state index is 13.9. The third kappa shape index (κ3) is 6.55. The fourth-order valence-corrected chi connectivity index (χ4v) is 5.74. The van der Waals surface area contributed by atoms with E-state index in [2.05, 4.69) is 4.99 Å². The minimum absolute atomic E-state index is 0.197. The second-order valence-electron chi connectivity index (χ2n) is 9.07. The van der Waals surface area contributed by atoms with Crippen molar-refractivity contribution in [3.05, 3.63) is 89.1 Å². The number of fused-ring (bicyclic) bond motifs is 1. The van der Waals surface area contributed by atoms with Crippen molar-refractivity contribution in [2.75, 3.05) is 26.4 Å². The molecule has 2 heterocycles. The van der Waals surface area contributed by atoms with Gasteiger partial charge in [0, 0.05) is 0 Å².